The van der Waals surface area contributed by atoms with Crippen LogP contribution >= 0.6 is 0 Å². The molecule has 1 fully saturated rings. The second-order valence-corrected chi connectivity index (χ2v) is 6.48. The van der Waals surface area contributed by atoms with E-state index >= 15 is 0 Å². The number of nitrogens with zero attached hydrogens (tertiary/aromatic N) is 2. The molecular formula is C20H22FN3O3. The predicted octanol–water partition coefficient (Wildman–Crippen LogP) is 2.47. The number of anilines is 1. The van der Waals surface area contributed by atoms with E-state index in [0.717, 1.165) is 19.2 Å². The van der Waals surface area contributed by atoms with Gasteiger partial charge in [0.15, 0.2) is 0 Å². The lowest BCUT2D eigenvalue weighted by Crippen LogP contribution is -2.47. The van der Waals surface area contributed by atoms with Gasteiger partial charge >= 0.3 is 0 Å². The van der Waals surface area contributed by atoms with Gasteiger partial charge in [-0.05, 0) is 43.4 Å². The molecule has 0 radical (unpaired) electrons. The van der Waals surface area contributed by atoms with Gasteiger partial charge in [0, 0.05) is 37.3 Å². The third kappa shape index (κ3) is 4.43. The normalized spacial score (nSPS) is 14.7. The third-order valence-corrected chi connectivity index (χ3v) is 4.57. The zero-order valence-corrected chi connectivity index (χ0v) is 15.4. The molecule has 0 unspecified atom stereocenters. The monoisotopic (exact) mass is 371 g/mol. The van der Waals surface area contributed by atoms with Crippen LogP contribution in [0.1, 0.15) is 20.7 Å². The molecule has 3 rings (SSSR count). The average Bonchev–Trinajstić information content (AvgIpc) is 2.68. The van der Waals surface area contributed by atoms with Gasteiger partial charge in [-0.3, -0.25) is 9.59 Å². The molecule has 1 N–H and O–H groups in total. The van der Waals surface area contributed by atoms with Crippen molar-refractivity contribution >= 4 is 17.5 Å². The van der Waals surface area contributed by atoms with Crippen molar-refractivity contribution in [1.82, 2.24) is 9.80 Å². The summed E-state index contributed by atoms with van der Waals surface area (Å²) in [6, 6.07) is 10.3. The van der Waals surface area contributed by atoms with Crippen LogP contribution in [0.3, 0.4) is 0 Å². The number of nitrogens with one attached hydrogen (secondary N) is 1. The smallest absolute Gasteiger partial charge is 0.255 e. The molecule has 142 valence electrons. The molecule has 0 bridgehead atoms. The summed E-state index contributed by atoms with van der Waals surface area (Å²) in [7, 11) is 3.50. The number of carbonyl (C=O) groups excluding carboxylic acids is 2. The number of methoxy groups -OCH3 is 1. The predicted molar refractivity (Wildman–Crippen MR) is 101 cm³/mol. The summed E-state index contributed by atoms with van der Waals surface area (Å²) in [5, 5.41) is 2.70. The Balaban J connectivity index is 1.81. The summed E-state index contributed by atoms with van der Waals surface area (Å²) >= 11 is 0. The van der Waals surface area contributed by atoms with Crippen LogP contribution in [0.5, 0.6) is 5.75 Å². The summed E-state index contributed by atoms with van der Waals surface area (Å²) in [5.41, 5.74) is 1.02. The fraction of sp³-hybridized carbons (Fsp3) is 0.300. The van der Waals surface area contributed by atoms with Crippen molar-refractivity contribution in [3.8, 4) is 5.75 Å². The van der Waals surface area contributed by atoms with E-state index in [1.54, 1.807) is 23.1 Å². The molecule has 2 aromatic carbocycles. The lowest BCUT2D eigenvalue weighted by atomic mass is 10.1. The molecule has 0 aromatic heterocycles. The van der Waals surface area contributed by atoms with Crippen molar-refractivity contribution in [2.24, 2.45) is 0 Å². The molecule has 2 aromatic rings. The number of carbonyl (C=O) groups is 2. The van der Waals surface area contributed by atoms with Crippen molar-refractivity contribution in [2.45, 2.75) is 0 Å². The second kappa shape index (κ2) is 8.18. The molecule has 27 heavy (non-hydrogen) atoms. The number of benzene rings is 2. The van der Waals surface area contributed by atoms with E-state index in [2.05, 4.69) is 10.2 Å². The maximum absolute atomic E-state index is 13.4. The molecule has 7 heteroatoms. The van der Waals surface area contributed by atoms with Gasteiger partial charge in [-0.15, -0.1) is 0 Å². The maximum atomic E-state index is 13.4. The van der Waals surface area contributed by atoms with Gasteiger partial charge in [-0.1, -0.05) is 6.07 Å². The van der Waals surface area contributed by atoms with E-state index in [-0.39, 0.29) is 11.5 Å². The molecule has 0 saturated carbocycles. The minimum atomic E-state index is -0.492. The highest BCUT2D eigenvalue weighted by molar-refractivity contribution is 6.06. The van der Waals surface area contributed by atoms with E-state index < -0.39 is 11.7 Å². The van der Waals surface area contributed by atoms with Crippen LogP contribution in [-0.2, 0) is 0 Å². The Morgan fingerprint density at radius 1 is 1.04 bits per heavy atom. The van der Waals surface area contributed by atoms with Gasteiger partial charge in [0.1, 0.15) is 11.6 Å². The van der Waals surface area contributed by atoms with Crippen LogP contribution in [-0.4, -0.2) is 62.0 Å². The summed E-state index contributed by atoms with van der Waals surface area (Å²) in [4.78, 5) is 29.1. The first-order valence-electron chi connectivity index (χ1n) is 8.70. The Morgan fingerprint density at radius 2 is 1.78 bits per heavy atom. The summed E-state index contributed by atoms with van der Waals surface area (Å²) in [6.07, 6.45) is 0. The largest absolute Gasteiger partial charge is 0.495 e. The van der Waals surface area contributed by atoms with E-state index in [9.17, 15) is 14.0 Å². The average molecular weight is 371 g/mol. The van der Waals surface area contributed by atoms with Crippen molar-refractivity contribution in [2.75, 3.05) is 45.7 Å². The lowest BCUT2D eigenvalue weighted by Gasteiger charge is -2.32. The van der Waals surface area contributed by atoms with Gasteiger partial charge in [0.05, 0.1) is 12.8 Å². The molecule has 0 aliphatic carbocycles. The number of likely N-dealkylation sites (N-methyl/N-ethyl adjacent to an activating group) is 1. The van der Waals surface area contributed by atoms with Gasteiger partial charge in [-0.2, -0.15) is 0 Å². The van der Waals surface area contributed by atoms with Crippen LogP contribution in [0.25, 0.3) is 0 Å². The molecule has 1 aliphatic heterocycles. The van der Waals surface area contributed by atoms with E-state index in [0.29, 0.717) is 30.1 Å². The number of piperazine rings is 1. The molecule has 1 heterocycles. The van der Waals surface area contributed by atoms with Gasteiger partial charge in [0.25, 0.3) is 11.8 Å². The highest BCUT2D eigenvalue weighted by Gasteiger charge is 2.21. The van der Waals surface area contributed by atoms with Gasteiger partial charge in [-0.25, -0.2) is 4.39 Å². The molecule has 2 amide bonds. The fourth-order valence-electron chi connectivity index (χ4n) is 2.96. The summed E-state index contributed by atoms with van der Waals surface area (Å²) in [5.74, 6) is -0.632. The van der Waals surface area contributed by atoms with E-state index in [4.69, 9.17) is 4.74 Å². The first-order valence-corrected chi connectivity index (χ1v) is 8.70. The quantitative estimate of drug-likeness (QED) is 0.897. The second-order valence-electron chi connectivity index (χ2n) is 6.48. The number of ether oxygens (including phenoxy) is 1. The first-order chi connectivity index (χ1) is 13.0. The minimum absolute atomic E-state index is 0.0907. The Hall–Kier alpha value is -2.93. The molecule has 1 saturated heterocycles. The van der Waals surface area contributed by atoms with Crippen LogP contribution in [0.2, 0.25) is 0 Å². The Morgan fingerprint density at radius 3 is 2.44 bits per heavy atom. The van der Waals surface area contributed by atoms with Crippen molar-refractivity contribution < 1.29 is 18.7 Å². The number of halogens is 1. The SMILES string of the molecule is COc1ccc(C(=O)N2CCN(C)CC2)cc1NC(=O)c1cccc(F)c1. The van der Waals surface area contributed by atoms with E-state index in [1.807, 2.05) is 7.05 Å². The maximum Gasteiger partial charge on any atom is 0.255 e. The van der Waals surface area contributed by atoms with Gasteiger partial charge < -0.3 is 19.9 Å². The van der Waals surface area contributed by atoms with Crippen LogP contribution in [0.4, 0.5) is 10.1 Å². The fourth-order valence-corrected chi connectivity index (χ4v) is 2.96. The molecular weight excluding hydrogens is 349 g/mol. The third-order valence-electron chi connectivity index (χ3n) is 4.57. The number of hydrogen-bond donors (Lipinski definition) is 1. The Kier molecular flexibility index (Phi) is 5.71. The van der Waals surface area contributed by atoms with Crippen molar-refractivity contribution in [1.29, 1.82) is 0 Å². The first kappa shape index (κ1) is 18.8. The number of rotatable bonds is 4. The number of hydrogen-bond acceptors (Lipinski definition) is 4. The van der Waals surface area contributed by atoms with Crippen LogP contribution < -0.4 is 10.1 Å². The highest BCUT2D eigenvalue weighted by atomic mass is 19.1. The zero-order valence-electron chi connectivity index (χ0n) is 15.4. The van der Waals surface area contributed by atoms with Crippen LogP contribution in [0, 0.1) is 5.82 Å². The highest BCUT2D eigenvalue weighted by Crippen LogP contribution is 2.27. The molecule has 0 spiro atoms. The van der Waals surface area contributed by atoms with Gasteiger partial charge in [0.2, 0.25) is 0 Å². The topological polar surface area (TPSA) is 61.9 Å². The standard InChI is InChI=1S/C20H22FN3O3/c1-23-8-10-24(11-9-23)20(26)15-6-7-18(27-2)17(13-15)22-19(25)14-4-3-5-16(21)12-14/h3-7,12-13H,8-11H2,1-2H3,(H,22,25). The number of amides is 2. The zero-order chi connectivity index (χ0) is 19.4. The summed E-state index contributed by atoms with van der Waals surface area (Å²) < 4.78 is 18.6. The van der Waals surface area contributed by atoms with Crippen molar-refractivity contribution in [3.05, 3.63) is 59.4 Å². The summed E-state index contributed by atoms with van der Waals surface area (Å²) in [6.45, 7) is 2.97. The van der Waals surface area contributed by atoms with Crippen molar-refractivity contribution in [3.63, 3.8) is 0 Å². The Labute approximate surface area is 157 Å². The van der Waals surface area contributed by atoms with Crippen LogP contribution in [0.15, 0.2) is 42.5 Å². The lowest BCUT2D eigenvalue weighted by molar-refractivity contribution is 0.0664. The molecule has 6 nitrogen and oxygen atoms in total. The van der Waals surface area contributed by atoms with E-state index in [1.165, 1.54) is 25.3 Å². The molecule has 0 atom stereocenters. The molecule has 1 aliphatic rings. The Bertz CT molecular complexity index is 848. The minimum Gasteiger partial charge on any atom is -0.495 e.